The van der Waals surface area contributed by atoms with Gasteiger partial charge < -0.3 is 14.8 Å². The Labute approximate surface area is 127 Å². The molecule has 0 spiro atoms. The van der Waals surface area contributed by atoms with Crippen LogP contribution in [0, 0.1) is 5.82 Å². The average molecular weight is 297 g/mol. The molecule has 0 aromatic heterocycles. The molecule has 0 saturated heterocycles. The molecule has 1 unspecified atom stereocenters. The number of hydrogen-bond donors (Lipinski definition) is 1. The third kappa shape index (κ3) is 8.15. The predicted octanol–water partition coefficient (Wildman–Crippen LogP) is 3.35. The Morgan fingerprint density at radius 1 is 1.24 bits per heavy atom. The Balaban J connectivity index is 2.41. The van der Waals surface area contributed by atoms with E-state index in [2.05, 4.69) is 12.2 Å². The number of ether oxygens (including phenoxy) is 2. The van der Waals surface area contributed by atoms with Crippen molar-refractivity contribution in [2.45, 2.75) is 32.1 Å². The van der Waals surface area contributed by atoms with Crippen LogP contribution in [0.1, 0.15) is 37.7 Å². The third-order valence-corrected chi connectivity index (χ3v) is 3.41. The first-order valence-corrected chi connectivity index (χ1v) is 7.80. The van der Waals surface area contributed by atoms with Crippen LogP contribution in [0.25, 0.3) is 0 Å². The lowest BCUT2D eigenvalue weighted by molar-refractivity contribution is 0.0681. The van der Waals surface area contributed by atoms with E-state index in [0.717, 1.165) is 44.5 Å². The molecule has 0 aliphatic heterocycles. The summed E-state index contributed by atoms with van der Waals surface area (Å²) >= 11 is 0. The van der Waals surface area contributed by atoms with Crippen molar-refractivity contribution in [1.29, 1.82) is 0 Å². The Hall–Kier alpha value is -0.970. The Morgan fingerprint density at radius 3 is 2.81 bits per heavy atom. The first-order valence-electron chi connectivity index (χ1n) is 7.80. The molecule has 0 aliphatic rings. The van der Waals surface area contributed by atoms with Crippen LogP contribution in [0.2, 0.25) is 0 Å². The summed E-state index contributed by atoms with van der Waals surface area (Å²) < 4.78 is 23.8. The highest BCUT2D eigenvalue weighted by molar-refractivity contribution is 5.21. The Bertz CT molecular complexity index is 374. The summed E-state index contributed by atoms with van der Waals surface area (Å²) in [6.07, 6.45) is 3.07. The van der Waals surface area contributed by atoms with Gasteiger partial charge in [0.2, 0.25) is 0 Å². The molecule has 1 N–H and O–H groups in total. The summed E-state index contributed by atoms with van der Waals surface area (Å²) in [5.41, 5.74) is 1.07. The van der Waals surface area contributed by atoms with Crippen molar-refractivity contribution in [2.24, 2.45) is 0 Å². The summed E-state index contributed by atoms with van der Waals surface area (Å²) in [4.78, 5) is 0. The summed E-state index contributed by atoms with van der Waals surface area (Å²) in [5, 5.41) is 3.43. The van der Waals surface area contributed by atoms with Crippen molar-refractivity contribution in [1.82, 2.24) is 5.32 Å². The molecule has 1 aromatic rings. The van der Waals surface area contributed by atoms with E-state index < -0.39 is 0 Å². The maximum absolute atomic E-state index is 13.4. The summed E-state index contributed by atoms with van der Waals surface area (Å²) in [5.74, 6) is 0.169. The van der Waals surface area contributed by atoms with Gasteiger partial charge >= 0.3 is 0 Å². The van der Waals surface area contributed by atoms with Gasteiger partial charge in [0.15, 0.2) is 0 Å². The minimum atomic E-state index is -0.163. The monoisotopic (exact) mass is 297 g/mol. The lowest BCUT2D eigenvalue weighted by Gasteiger charge is -2.18. The van der Waals surface area contributed by atoms with Gasteiger partial charge in [0.1, 0.15) is 5.82 Å². The second kappa shape index (κ2) is 11.7. The van der Waals surface area contributed by atoms with Crippen LogP contribution >= 0.6 is 0 Å². The highest BCUT2D eigenvalue weighted by Crippen LogP contribution is 2.21. The first-order chi connectivity index (χ1) is 10.3. The van der Waals surface area contributed by atoms with Crippen LogP contribution in [0.4, 0.5) is 4.39 Å². The Kier molecular flexibility index (Phi) is 10.0. The highest BCUT2D eigenvalue weighted by Gasteiger charge is 2.11. The van der Waals surface area contributed by atoms with E-state index in [-0.39, 0.29) is 5.82 Å². The molecule has 1 aromatic carbocycles. The van der Waals surface area contributed by atoms with Gasteiger partial charge in [-0.3, -0.25) is 0 Å². The van der Waals surface area contributed by atoms with E-state index in [0.29, 0.717) is 19.1 Å². The van der Waals surface area contributed by atoms with Crippen LogP contribution in [0.5, 0.6) is 0 Å². The number of benzene rings is 1. The van der Waals surface area contributed by atoms with Gasteiger partial charge in [-0.1, -0.05) is 19.1 Å². The van der Waals surface area contributed by atoms with Gasteiger partial charge in [-0.05, 0) is 49.4 Å². The van der Waals surface area contributed by atoms with Gasteiger partial charge in [-0.2, -0.15) is 0 Å². The molecule has 0 amide bonds. The molecule has 0 heterocycles. The summed E-state index contributed by atoms with van der Waals surface area (Å²) in [6.45, 7) is 6.02. The van der Waals surface area contributed by atoms with Crippen LogP contribution in [0.3, 0.4) is 0 Å². The molecule has 4 heteroatoms. The van der Waals surface area contributed by atoms with Crippen molar-refractivity contribution in [3.05, 3.63) is 35.6 Å². The quantitative estimate of drug-likeness (QED) is 0.600. The first kappa shape index (κ1) is 18.1. The highest BCUT2D eigenvalue weighted by atomic mass is 19.1. The van der Waals surface area contributed by atoms with Crippen LogP contribution in [0.15, 0.2) is 24.3 Å². The number of rotatable bonds is 12. The normalized spacial score (nSPS) is 12.5. The molecule has 1 atom stereocenters. The van der Waals surface area contributed by atoms with E-state index in [4.69, 9.17) is 9.47 Å². The number of methoxy groups -OCH3 is 1. The second-order valence-electron chi connectivity index (χ2n) is 5.20. The molecule has 0 aliphatic carbocycles. The predicted molar refractivity (Wildman–Crippen MR) is 84.2 cm³/mol. The van der Waals surface area contributed by atoms with Gasteiger partial charge in [0.25, 0.3) is 0 Å². The van der Waals surface area contributed by atoms with Crippen molar-refractivity contribution >= 4 is 0 Å². The fourth-order valence-electron chi connectivity index (χ4n) is 2.28. The fourth-order valence-corrected chi connectivity index (χ4v) is 2.28. The molecule has 0 bridgehead atoms. The topological polar surface area (TPSA) is 30.5 Å². The van der Waals surface area contributed by atoms with Crippen LogP contribution < -0.4 is 5.32 Å². The molecule has 0 radical (unpaired) electrons. The number of nitrogens with one attached hydrogen (secondary N) is 1. The zero-order valence-electron chi connectivity index (χ0n) is 13.2. The minimum Gasteiger partial charge on any atom is -0.382 e. The number of hydrogen-bond acceptors (Lipinski definition) is 3. The van der Waals surface area contributed by atoms with Crippen molar-refractivity contribution in [2.75, 3.05) is 40.0 Å². The molecular formula is C17H28FNO2. The van der Waals surface area contributed by atoms with E-state index in [1.165, 1.54) is 6.07 Å². The summed E-state index contributed by atoms with van der Waals surface area (Å²) in [6, 6.07) is 6.93. The molecule has 21 heavy (non-hydrogen) atoms. The molecule has 1 rings (SSSR count). The van der Waals surface area contributed by atoms with Crippen molar-refractivity contribution < 1.29 is 13.9 Å². The minimum absolute atomic E-state index is 0.163. The van der Waals surface area contributed by atoms with Crippen LogP contribution in [-0.4, -0.2) is 40.0 Å². The average Bonchev–Trinajstić information content (AvgIpc) is 2.49. The molecule has 0 saturated carbocycles. The van der Waals surface area contributed by atoms with Gasteiger partial charge in [-0.25, -0.2) is 4.39 Å². The van der Waals surface area contributed by atoms with Crippen molar-refractivity contribution in [3.8, 4) is 0 Å². The SMILES string of the molecule is CCCNCC(CCCOCCOC)c1cccc(F)c1. The number of halogens is 1. The smallest absolute Gasteiger partial charge is 0.123 e. The standard InChI is InChI=1S/C17H28FNO2/c1-3-9-19-14-16(7-5-10-21-12-11-20-2)15-6-4-8-17(18)13-15/h4,6,8,13,16,19H,3,5,7,9-12,14H2,1-2H3. The zero-order chi connectivity index (χ0) is 15.3. The lowest BCUT2D eigenvalue weighted by Crippen LogP contribution is -2.22. The maximum Gasteiger partial charge on any atom is 0.123 e. The third-order valence-electron chi connectivity index (χ3n) is 3.41. The fraction of sp³-hybridized carbons (Fsp3) is 0.647. The van der Waals surface area contributed by atoms with E-state index in [1.54, 1.807) is 19.2 Å². The van der Waals surface area contributed by atoms with E-state index >= 15 is 0 Å². The molecule has 3 nitrogen and oxygen atoms in total. The molecule has 120 valence electrons. The summed E-state index contributed by atoms with van der Waals surface area (Å²) in [7, 11) is 1.67. The van der Waals surface area contributed by atoms with E-state index in [9.17, 15) is 4.39 Å². The Morgan fingerprint density at radius 2 is 2.10 bits per heavy atom. The van der Waals surface area contributed by atoms with Crippen LogP contribution in [-0.2, 0) is 9.47 Å². The largest absolute Gasteiger partial charge is 0.382 e. The van der Waals surface area contributed by atoms with E-state index in [1.807, 2.05) is 6.07 Å². The molecular weight excluding hydrogens is 269 g/mol. The van der Waals surface area contributed by atoms with Crippen molar-refractivity contribution in [3.63, 3.8) is 0 Å². The van der Waals surface area contributed by atoms with Gasteiger partial charge in [-0.15, -0.1) is 0 Å². The van der Waals surface area contributed by atoms with Gasteiger partial charge in [0.05, 0.1) is 13.2 Å². The maximum atomic E-state index is 13.4. The second-order valence-corrected chi connectivity index (χ2v) is 5.20. The van der Waals surface area contributed by atoms with Gasteiger partial charge in [0, 0.05) is 20.3 Å². The zero-order valence-corrected chi connectivity index (χ0v) is 13.2. The molecule has 0 fully saturated rings. The lowest BCUT2D eigenvalue weighted by atomic mass is 9.94.